The molecule has 0 aliphatic heterocycles. The van der Waals surface area contributed by atoms with Gasteiger partial charge in [0.25, 0.3) is 0 Å². The molecule has 0 aliphatic carbocycles. The molecule has 4 nitrogen and oxygen atoms in total. The van der Waals surface area contributed by atoms with Crippen molar-refractivity contribution in [1.82, 2.24) is 0 Å². The van der Waals surface area contributed by atoms with E-state index < -0.39 is 0 Å². The standard InChI is InChI=1S/C27H52O4/c1-5-7-9-18-22-30-26(28)21-17-15-13-11-12-14-16-20-25(24(3)4)27(29)31-23-19-10-8-6-2/h24-25H,5-23H2,1-4H3. The lowest BCUT2D eigenvalue weighted by atomic mass is 9.90. The summed E-state index contributed by atoms with van der Waals surface area (Å²) in [5.41, 5.74) is 0. The smallest absolute Gasteiger partial charge is 0.309 e. The molecule has 0 radical (unpaired) electrons. The molecule has 0 rings (SSSR count). The molecule has 0 saturated heterocycles. The fraction of sp³-hybridized carbons (Fsp3) is 0.926. The van der Waals surface area contributed by atoms with Crippen molar-refractivity contribution in [3.8, 4) is 0 Å². The second kappa shape index (κ2) is 22.1. The Bertz CT molecular complexity index is 419. The minimum atomic E-state index is -0.0338. The molecule has 0 fully saturated rings. The van der Waals surface area contributed by atoms with Crippen molar-refractivity contribution < 1.29 is 19.1 Å². The third kappa shape index (κ3) is 19.4. The SMILES string of the molecule is CCCCCCOC(=O)CCCCCCCCCC(C(=O)OCCCCCC)C(C)C. The van der Waals surface area contributed by atoms with Gasteiger partial charge in [0, 0.05) is 6.42 Å². The minimum absolute atomic E-state index is 0.00347. The molecule has 1 unspecified atom stereocenters. The number of hydrogen-bond donors (Lipinski definition) is 0. The van der Waals surface area contributed by atoms with Gasteiger partial charge in [0.15, 0.2) is 0 Å². The molecule has 0 saturated carbocycles. The van der Waals surface area contributed by atoms with Crippen LogP contribution in [0.4, 0.5) is 0 Å². The fourth-order valence-corrected chi connectivity index (χ4v) is 3.84. The molecule has 0 aromatic heterocycles. The topological polar surface area (TPSA) is 52.6 Å². The van der Waals surface area contributed by atoms with Crippen LogP contribution in [-0.4, -0.2) is 25.2 Å². The molecule has 0 bridgehead atoms. The highest BCUT2D eigenvalue weighted by atomic mass is 16.5. The Balaban J connectivity index is 3.63. The summed E-state index contributed by atoms with van der Waals surface area (Å²) in [6.07, 6.45) is 18.5. The van der Waals surface area contributed by atoms with Crippen molar-refractivity contribution >= 4 is 11.9 Å². The molecule has 0 amide bonds. The molecular formula is C27H52O4. The maximum absolute atomic E-state index is 12.4. The van der Waals surface area contributed by atoms with Crippen molar-refractivity contribution in [2.45, 2.75) is 137 Å². The van der Waals surface area contributed by atoms with Crippen LogP contribution >= 0.6 is 0 Å². The van der Waals surface area contributed by atoms with Crippen LogP contribution in [0.25, 0.3) is 0 Å². The molecular weight excluding hydrogens is 388 g/mol. The summed E-state index contributed by atoms with van der Waals surface area (Å²) in [5, 5.41) is 0. The largest absolute Gasteiger partial charge is 0.466 e. The first-order valence-corrected chi connectivity index (χ1v) is 13.3. The predicted octanol–water partition coefficient (Wildman–Crippen LogP) is 8.02. The Morgan fingerprint density at radius 1 is 0.613 bits per heavy atom. The molecule has 0 aliphatic rings. The fourth-order valence-electron chi connectivity index (χ4n) is 3.84. The Labute approximate surface area is 193 Å². The zero-order valence-electron chi connectivity index (χ0n) is 21.2. The summed E-state index contributed by atoms with van der Waals surface area (Å²) in [6, 6.07) is 0. The predicted molar refractivity (Wildman–Crippen MR) is 130 cm³/mol. The maximum Gasteiger partial charge on any atom is 0.309 e. The summed E-state index contributed by atoms with van der Waals surface area (Å²) in [4.78, 5) is 24.0. The Hall–Kier alpha value is -1.06. The van der Waals surface area contributed by atoms with Gasteiger partial charge in [-0.25, -0.2) is 0 Å². The molecule has 0 heterocycles. The van der Waals surface area contributed by atoms with Crippen molar-refractivity contribution in [2.24, 2.45) is 11.8 Å². The molecule has 4 heteroatoms. The van der Waals surface area contributed by atoms with Crippen molar-refractivity contribution in [2.75, 3.05) is 13.2 Å². The van der Waals surface area contributed by atoms with Crippen LogP contribution in [0.2, 0.25) is 0 Å². The Morgan fingerprint density at radius 2 is 1.10 bits per heavy atom. The van der Waals surface area contributed by atoms with Gasteiger partial charge in [-0.05, 0) is 31.6 Å². The summed E-state index contributed by atoms with van der Waals surface area (Å²) >= 11 is 0. The molecule has 0 aromatic rings. The van der Waals surface area contributed by atoms with Gasteiger partial charge >= 0.3 is 11.9 Å². The van der Waals surface area contributed by atoms with Crippen LogP contribution in [-0.2, 0) is 19.1 Å². The maximum atomic E-state index is 12.4. The highest BCUT2D eigenvalue weighted by Gasteiger charge is 2.23. The third-order valence-electron chi connectivity index (χ3n) is 6.01. The number of carbonyl (C=O) groups excluding carboxylic acids is 2. The van der Waals surface area contributed by atoms with E-state index in [-0.39, 0.29) is 17.9 Å². The first-order chi connectivity index (χ1) is 15.0. The van der Waals surface area contributed by atoms with E-state index >= 15 is 0 Å². The third-order valence-corrected chi connectivity index (χ3v) is 6.01. The van der Waals surface area contributed by atoms with Crippen LogP contribution in [0.1, 0.15) is 137 Å². The van der Waals surface area contributed by atoms with Gasteiger partial charge in [0.2, 0.25) is 0 Å². The average Bonchev–Trinajstić information content (AvgIpc) is 2.74. The van der Waals surface area contributed by atoms with Crippen molar-refractivity contribution in [3.63, 3.8) is 0 Å². The molecule has 1 atom stereocenters. The van der Waals surface area contributed by atoms with Crippen LogP contribution < -0.4 is 0 Å². The minimum Gasteiger partial charge on any atom is -0.466 e. The van der Waals surface area contributed by atoms with E-state index in [1.54, 1.807) is 0 Å². The van der Waals surface area contributed by atoms with E-state index in [9.17, 15) is 9.59 Å². The van der Waals surface area contributed by atoms with Gasteiger partial charge in [-0.2, -0.15) is 0 Å². The van der Waals surface area contributed by atoms with Gasteiger partial charge in [-0.1, -0.05) is 105 Å². The summed E-state index contributed by atoms with van der Waals surface area (Å²) in [6.45, 7) is 9.78. The van der Waals surface area contributed by atoms with E-state index in [1.165, 1.54) is 51.4 Å². The van der Waals surface area contributed by atoms with Crippen LogP contribution in [0.3, 0.4) is 0 Å². The lowest BCUT2D eigenvalue weighted by molar-refractivity contribution is -0.150. The molecule has 0 N–H and O–H groups in total. The van der Waals surface area contributed by atoms with Gasteiger partial charge < -0.3 is 9.47 Å². The molecule has 0 aromatic carbocycles. The second-order valence-corrected chi connectivity index (χ2v) is 9.37. The zero-order chi connectivity index (χ0) is 23.2. The van der Waals surface area contributed by atoms with E-state index in [4.69, 9.17) is 9.47 Å². The second-order valence-electron chi connectivity index (χ2n) is 9.37. The average molecular weight is 441 g/mol. The number of carbonyl (C=O) groups is 2. The highest BCUT2D eigenvalue weighted by molar-refractivity contribution is 5.72. The van der Waals surface area contributed by atoms with Crippen molar-refractivity contribution in [3.05, 3.63) is 0 Å². The lowest BCUT2D eigenvalue weighted by Gasteiger charge is -2.19. The summed E-state index contributed by atoms with van der Waals surface area (Å²) < 4.78 is 10.8. The van der Waals surface area contributed by atoms with Gasteiger partial charge in [-0.3, -0.25) is 9.59 Å². The zero-order valence-corrected chi connectivity index (χ0v) is 21.2. The quantitative estimate of drug-likeness (QED) is 0.126. The molecule has 31 heavy (non-hydrogen) atoms. The number of esters is 2. The first-order valence-electron chi connectivity index (χ1n) is 13.3. The first kappa shape index (κ1) is 29.9. The monoisotopic (exact) mass is 440 g/mol. The van der Waals surface area contributed by atoms with Crippen LogP contribution in [0.5, 0.6) is 0 Å². The van der Waals surface area contributed by atoms with Gasteiger partial charge in [0.05, 0.1) is 19.1 Å². The van der Waals surface area contributed by atoms with E-state index in [1.807, 2.05) is 0 Å². The van der Waals surface area contributed by atoms with E-state index in [2.05, 4.69) is 27.7 Å². The van der Waals surface area contributed by atoms with Crippen LogP contribution in [0, 0.1) is 11.8 Å². The van der Waals surface area contributed by atoms with E-state index in [0.717, 1.165) is 51.4 Å². The summed E-state index contributed by atoms with van der Waals surface area (Å²) in [7, 11) is 0. The number of hydrogen-bond acceptors (Lipinski definition) is 4. The number of ether oxygens (including phenoxy) is 2. The number of unbranched alkanes of at least 4 members (excludes halogenated alkanes) is 12. The summed E-state index contributed by atoms with van der Waals surface area (Å²) in [5.74, 6) is 0.353. The lowest BCUT2D eigenvalue weighted by Crippen LogP contribution is -2.23. The van der Waals surface area contributed by atoms with Gasteiger partial charge in [-0.15, -0.1) is 0 Å². The molecule has 184 valence electrons. The Kier molecular flexibility index (Phi) is 21.4. The number of rotatable bonds is 22. The van der Waals surface area contributed by atoms with Gasteiger partial charge in [0.1, 0.15) is 0 Å². The van der Waals surface area contributed by atoms with E-state index in [0.29, 0.717) is 25.6 Å². The normalized spacial score (nSPS) is 12.2. The molecule has 0 spiro atoms. The van der Waals surface area contributed by atoms with Crippen LogP contribution in [0.15, 0.2) is 0 Å². The van der Waals surface area contributed by atoms with Crippen molar-refractivity contribution in [1.29, 1.82) is 0 Å². The highest BCUT2D eigenvalue weighted by Crippen LogP contribution is 2.21. The Morgan fingerprint density at radius 3 is 1.65 bits per heavy atom.